The average Bonchev–Trinajstić information content (AvgIpc) is 3.17. The van der Waals surface area contributed by atoms with Crippen LogP contribution in [0.1, 0.15) is 15.9 Å². The third kappa shape index (κ3) is 4.45. The standard InChI is InChI=1S/C23H17ClFN3OS/c1-15-5-11-20(12-6-15)28-22(17-3-2-4-18(24)13-17)26-27-23(28)30-14-21(29)16-7-9-19(25)10-8-16/h2-13H,14H2,1H3. The summed E-state index contributed by atoms with van der Waals surface area (Å²) in [5.74, 6) is 0.316. The highest BCUT2D eigenvalue weighted by atomic mass is 35.5. The lowest BCUT2D eigenvalue weighted by Crippen LogP contribution is -2.05. The molecule has 0 saturated carbocycles. The van der Waals surface area contributed by atoms with E-state index in [1.165, 1.54) is 36.0 Å². The highest BCUT2D eigenvalue weighted by Gasteiger charge is 2.18. The summed E-state index contributed by atoms with van der Waals surface area (Å²) in [6.45, 7) is 2.02. The zero-order valence-electron chi connectivity index (χ0n) is 16.0. The maximum absolute atomic E-state index is 13.1. The van der Waals surface area contributed by atoms with Crippen LogP contribution in [0.5, 0.6) is 0 Å². The average molecular weight is 438 g/mol. The molecule has 4 nitrogen and oxygen atoms in total. The lowest BCUT2D eigenvalue weighted by molar-refractivity contribution is 0.102. The molecule has 0 amide bonds. The number of Topliss-reactive ketones (excluding diaryl/α,β-unsaturated/α-hetero) is 1. The van der Waals surface area contributed by atoms with Gasteiger partial charge in [-0.1, -0.05) is 53.2 Å². The first-order valence-corrected chi connectivity index (χ1v) is 10.6. The third-order valence-corrected chi connectivity index (χ3v) is 5.67. The zero-order chi connectivity index (χ0) is 21.1. The summed E-state index contributed by atoms with van der Waals surface area (Å²) < 4.78 is 15.0. The van der Waals surface area contributed by atoms with Crippen LogP contribution in [0.2, 0.25) is 5.02 Å². The van der Waals surface area contributed by atoms with E-state index in [9.17, 15) is 9.18 Å². The van der Waals surface area contributed by atoms with Gasteiger partial charge in [0.05, 0.1) is 5.75 Å². The normalized spacial score (nSPS) is 10.9. The van der Waals surface area contributed by atoms with Crippen molar-refractivity contribution in [3.05, 3.63) is 94.8 Å². The summed E-state index contributed by atoms with van der Waals surface area (Å²) in [4.78, 5) is 12.5. The topological polar surface area (TPSA) is 47.8 Å². The molecule has 30 heavy (non-hydrogen) atoms. The van der Waals surface area contributed by atoms with Gasteiger partial charge in [0, 0.05) is 21.8 Å². The summed E-state index contributed by atoms with van der Waals surface area (Å²) in [5.41, 5.74) is 3.31. The molecule has 0 unspecified atom stereocenters. The molecule has 4 aromatic rings. The van der Waals surface area contributed by atoms with Crippen molar-refractivity contribution in [2.75, 3.05) is 5.75 Å². The molecule has 0 aliphatic rings. The minimum Gasteiger partial charge on any atom is -0.293 e. The van der Waals surface area contributed by atoms with Gasteiger partial charge in [0.2, 0.25) is 0 Å². The first-order chi connectivity index (χ1) is 14.5. The molecule has 3 aromatic carbocycles. The van der Waals surface area contributed by atoms with Crippen molar-refractivity contribution in [1.82, 2.24) is 14.8 Å². The zero-order valence-corrected chi connectivity index (χ0v) is 17.6. The van der Waals surface area contributed by atoms with E-state index in [2.05, 4.69) is 10.2 Å². The molecule has 0 aliphatic carbocycles. The van der Waals surface area contributed by atoms with Gasteiger partial charge in [0.1, 0.15) is 5.82 Å². The van der Waals surface area contributed by atoms with Crippen LogP contribution in [0.25, 0.3) is 17.1 Å². The molecule has 0 aliphatic heterocycles. The predicted molar refractivity (Wildman–Crippen MR) is 118 cm³/mol. The number of hydrogen-bond donors (Lipinski definition) is 0. The van der Waals surface area contributed by atoms with Crippen LogP contribution in [0.4, 0.5) is 4.39 Å². The maximum Gasteiger partial charge on any atom is 0.196 e. The van der Waals surface area contributed by atoms with Crippen LogP contribution >= 0.6 is 23.4 Å². The van der Waals surface area contributed by atoms with Crippen LogP contribution in [0, 0.1) is 12.7 Å². The van der Waals surface area contributed by atoms with Gasteiger partial charge in [-0.3, -0.25) is 9.36 Å². The van der Waals surface area contributed by atoms with Crippen molar-refractivity contribution in [2.45, 2.75) is 12.1 Å². The number of benzene rings is 3. The van der Waals surface area contributed by atoms with Crippen LogP contribution in [-0.2, 0) is 0 Å². The number of nitrogens with zero attached hydrogens (tertiary/aromatic N) is 3. The van der Waals surface area contributed by atoms with Crippen LogP contribution in [0.15, 0.2) is 78.0 Å². The van der Waals surface area contributed by atoms with Gasteiger partial charge in [0.25, 0.3) is 0 Å². The predicted octanol–water partition coefficient (Wildman–Crippen LogP) is 6.01. The van der Waals surface area contributed by atoms with E-state index in [4.69, 9.17) is 11.6 Å². The number of carbonyl (C=O) groups is 1. The lowest BCUT2D eigenvalue weighted by Gasteiger charge is -2.11. The van der Waals surface area contributed by atoms with E-state index in [0.29, 0.717) is 21.6 Å². The number of aryl methyl sites for hydroxylation is 1. The Morgan fingerprint density at radius 1 is 1.03 bits per heavy atom. The Labute approximate surface area is 182 Å². The molecule has 4 rings (SSSR count). The third-order valence-electron chi connectivity index (χ3n) is 4.51. The molecule has 7 heteroatoms. The van der Waals surface area contributed by atoms with Gasteiger partial charge >= 0.3 is 0 Å². The fourth-order valence-corrected chi connectivity index (χ4v) is 3.99. The molecule has 0 fully saturated rings. The van der Waals surface area contributed by atoms with E-state index in [0.717, 1.165) is 16.8 Å². The quantitative estimate of drug-likeness (QED) is 0.274. The Bertz CT molecular complexity index is 1190. The number of rotatable bonds is 6. The van der Waals surface area contributed by atoms with E-state index < -0.39 is 0 Å². The Morgan fingerprint density at radius 3 is 2.47 bits per heavy atom. The van der Waals surface area contributed by atoms with Gasteiger partial charge in [-0.25, -0.2) is 4.39 Å². The second kappa shape index (κ2) is 8.81. The van der Waals surface area contributed by atoms with E-state index in [1.54, 1.807) is 6.07 Å². The molecule has 1 aromatic heterocycles. The van der Waals surface area contributed by atoms with Crippen LogP contribution in [0.3, 0.4) is 0 Å². The van der Waals surface area contributed by atoms with Crippen molar-refractivity contribution in [3.8, 4) is 17.1 Å². The van der Waals surface area contributed by atoms with Crippen molar-refractivity contribution in [3.63, 3.8) is 0 Å². The van der Waals surface area contributed by atoms with Gasteiger partial charge in [0.15, 0.2) is 16.8 Å². The molecule has 150 valence electrons. The van der Waals surface area contributed by atoms with Crippen LogP contribution in [-0.4, -0.2) is 26.3 Å². The number of carbonyl (C=O) groups excluding carboxylic acids is 1. The minimum absolute atomic E-state index is 0.109. The molecule has 0 spiro atoms. The molecular formula is C23H17ClFN3OS. The van der Waals surface area contributed by atoms with Crippen molar-refractivity contribution in [1.29, 1.82) is 0 Å². The van der Waals surface area contributed by atoms with Gasteiger partial charge in [-0.2, -0.15) is 0 Å². The maximum atomic E-state index is 13.1. The highest BCUT2D eigenvalue weighted by molar-refractivity contribution is 7.99. The second-order valence-electron chi connectivity index (χ2n) is 6.71. The SMILES string of the molecule is Cc1ccc(-n2c(SCC(=O)c3ccc(F)cc3)nnc2-c2cccc(Cl)c2)cc1. The molecule has 0 N–H and O–H groups in total. The van der Waals surface area contributed by atoms with Gasteiger partial charge in [-0.05, 0) is 55.5 Å². The number of ketones is 1. The van der Waals surface area contributed by atoms with E-state index in [1.807, 2.05) is 54.0 Å². The minimum atomic E-state index is -0.371. The molecule has 1 heterocycles. The fraction of sp³-hybridized carbons (Fsp3) is 0.0870. The van der Waals surface area contributed by atoms with E-state index >= 15 is 0 Å². The Hall–Kier alpha value is -2.96. The Morgan fingerprint density at radius 2 is 1.77 bits per heavy atom. The second-order valence-corrected chi connectivity index (χ2v) is 8.09. The van der Waals surface area contributed by atoms with Gasteiger partial charge < -0.3 is 0 Å². The Balaban J connectivity index is 1.68. The Kier molecular flexibility index (Phi) is 5.97. The van der Waals surface area contributed by atoms with Crippen molar-refractivity contribution < 1.29 is 9.18 Å². The van der Waals surface area contributed by atoms with E-state index in [-0.39, 0.29) is 17.4 Å². The highest BCUT2D eigenvalue weighted by Crippen LogP contribution is 2.29. The van der Waals surface area contributed by atoms with Crippen LogP contribution < -0.4 is 0 Å². The van der Waals surface area contributed by atoms with Gasteiger partial charge in [-0.15, -0.1) is 10.2 Å². The van der Waals surface area contributed by atoms with Crippen molar-refractivity contribution in [2.24, 2.45) is 0 Å². The molecular weight excluding hydrogens is 421 g/mol. The first-order valence-electron chi connectivity index (χ1n) is 9.21. The fourth-order valence-electron chi connectivity index (χ4n) is 2.95. The number of halogens is 2. The number of thioether (sulfide) groups is 1. The largest absolute Gasteiger partial charge is 0.293 e. The molecule has 0 saturated heterocycles. The summed E-state index contributed by atoms with van der Waals surface area (Å²) in [6.07, 6.45) is 0. The number of aromatic nitrogens is 3. The molecule has 0 bridgehead atoms. The molecule has 0 atom stereocenters. The number of hydrogen-bond acceptors (Lipinski definition) is 4. The molecule has 0 radical (unpaired) electrons. The summed E-state index contributed by atoms with van der Waals surface area (Å²) in [7, 11) is 0. The summed E-state index contributed by atoms with van der Waals surface area (Å²) in [6, 6.07) is 20.9. The summed E-state index contributed by atoms with van der Waals surface area (Å²) >= 11 is 7.45. The monoisotopic (exact) mass is 437 g/mol. The smallest absolute Gasteiger partial charge is 0.196 e. The first kappa shape index (κ1) is 20.3. The summed E-state index contributed by atoms with van der Waals surface area (Å²) in [5, 5.41) is 9.87. The lowest BCUT2D eigenvalue weighted by atomic mass is 10.1. The van der Waals surface area contributed by atoms with Crippen molar-refractivity contribution >= 4 is 29.1 Å².